The van der Waals surface area contributed by atoms with Gasteiger partial charge in [0.2, 0.25) is 5.95 Å². The van der Waals surface area contributed by atoms with Crippen LogP contribution in [0.5, 0.6) is 5.75 Å². The number of benzene rings is 2. The first-order chi connectivity index (χ1) is 14.5. The van der Waals surface area contributed by atoms with E-state index in [0.717, 1.165) is 11.1 Å². The Bertz CT molecular complexity index is 1150. The van der Waals surface area contributed by atoms with Gasteiger partial charge in [-0.2, -0.15) is 4.98 Å². The molecule has 156 valence electrons. The van der Waals surface area contributed by atoms with Crippen LogP contribution in [0.4, 0.5) is 16.4 Å². The zero-order valence-electron chi connectivity index (χ0n) is 16.7. The quantitative estimate of drug-likeness (QED) is 0.581. The lowest BCUT2D eigenvalue weighted by Crippen LogP contribution is -2.02. The van der Waals surface area contributed by atoms with Crippen molar-refractivity contribution < 1.29 is 18.5 Å². The van der Waals surface area contributed by atoms with Gasteiger partial charge in [0.05, 0.1) is 19.3 Å². The number of carbonyl (C=O) groups is 1. The molecule has 10 heteroatoms. The average Bonchev–Trinajstić information content (AvgIpc) is 2.73. The van der Waals surface area contributed by atoms with E-state index in [2.05, 4.69) is 24.6 Å². The molecule has 0 radical (unpaired) electrons. The number of aromatic nitrogens is 3. The number of nitrogens with one attached hydrogen (secondary N) is 1. The van der Waals surface area contributed by atoms with E-state index in [1.807, 2.05) is 37.3 Å². The van der Waals surface area contributed by atoms with Gasteiger partial charge in [-0.25, -0.2) is 14.8 Å². The Balaban J connectivity index is 1.89. The molecule has 1 amide bonds. The van der Waals surface area contributed by atoms with Crippen LogP contribution in [0.3, 0.4) is 0 Å². The van der Waals surface area contributed by atoms with E-state index in [1.165, 1.54) is 6.33 Å². The third-order valence-corrected chi connectivity index (χ3v) is 4.81. The second-order valence-corrected chi connectivity index (χ2v) is 7.18. The molecule has 2 aromatic carbocycles. The third kappa shape index (κ3) is 5.29. The number of carbonyl (C=O) groups excluding carboxylic acids is 1. The lowest BCUT2D eigenvalue weighted by molar-refractivity contribution is 0.164. The SMILES string of the molecule is CCOC(=O)N=[S-](=O)c1cc(C)cc(Nc2ncnc(-c3ccccc3OC)n2)c1. The molecular weight excluding hydrogens is 406 g/mol. The monoisotopic (exact) mass is 426 g/mol. The number of methoxy groups -OCH3 is 1. The molecule has 0 bridgehead atoms. The molecule has 1 heterocycles. The Hall–Kier alpha value is -3.53. The Labute approximate surface area is 175 Å². The van der Waals surface area contributed by atoms with Crippen molar-refractivity contribution in [2.24, 2.45) is 4.36 Å². The Morgan fingerprint density at radius 2 is 2.00 bits per heavy atom. The summed E-state index contributed by atoms with van der Waals surface area (Å²) in [7, 11) is -0.313. The lowest BCUT2D eigenvalue weighted by Gasteiger charge is -2.12. The number of rotatable bonds is 6. The zero-order chi connectivity index (χ0) is 21.5. The van der Waals surface area contributed by atoms with Gasteiger partial charge in [-0.05, 0) is 32.0 Å². The molecule has 1 aromatic heterocycles. The maximum atomic E-state index is 12.4. The van der Waals surface area contributed by atoms with Gasteiger partial charge in [0.1, 0.15) is 12.1 Å². The number of aryl methyl sites for hydroxylation is 1. The van der Waals surface area contributed by atoms with Crippen LogP contribution in [-0.2, 0) is 19.5 Å². The van der Waals surface area contributed by atoms with Crippen molar-refractivity contribution in [2.45, 2.75) is 18.7 Å². The molecule has 9 nitrogen and oxygen atoms in total. The predicted octanol–water partition coefficient (Wildman–Crippen LogP) is 4.26. The minimum absolute atomic E-state index is 0.161. The fourth-order valence-electron chi connectivity index (χ4n) is 2.64. The highest BCUT2D eigenvalue weighted by atomic mass is 32.2. The Morgan fingerprint density at radius 1 is 1.20 bits per heavy atom. The summed E-state index contributed by atoms with van der Waals surface area (Å²) >= 11 is 0. The van der Waals surface area contributed by atoms with E-state index in [9.17, 15) is 9.00 Å². The summed E-state index contributed by atoms with van der Waals surface area (Å²) in [6.45, 7) is 3.65. The maximum absolute atomic E-state index is 12.4. The fraction of sp³-hybridized carbons (Fsp3) is 0.200. The molecule has 0 unspecified atom stereocenters. The predicted molar refractivity (Wildman–Crippen MR) is 112 cm³/mol. The van der Waals surface area contributed by atoms with Crippen molar-refractivity contribution >= 4 is 28.3 Å². The van der Waals surface area contributed by atoms with E-state index in [4.69, 9.17) is 9.47 Å². The van der Waals surface area contributed by atoms with Crippen molar-refractivity contribution in [3.05, 3.63) is 54.4 Å². The summed E-state index contributed by atoms with van der Waals surface area (Å²) in [6, 6.07) is 12.5. The van der Waals surface area contributed by atoms with Gasteiger partial charge in [-0.1, -0.05) is 34.7 Å². The molecule has 0 aliphatic heterocycles. The number of ether oxygens (including phenoxy) is 2. The van der Waals surface area contributed by atoms with Gasteiger partial charge in [0.25, 0.3) is 0 Å². The number of amides is 1. The molecular formula is C20H20N5O4S-. The smallest absolute Gasteiger partial charge is 0.410 e. The average molecular weight is 426 g/mol. The van der Waals surface area contributed by atoms with E-state index < -0.39 is 16.7 Å². The summed E-state index contributed by atoms with van der Waals surface area (Å²) in [4.78, 5) is 24.6. The molecule has 1 N–H and O–H groups in total. The first-order valence-electron chi connectivity index (χ1n) is 9.01. The summed E-state index contributed by atoms with van der Waals surface area (Å²) in [5.74, 6) is 1.39. The van der Waals surface area contributed by atoms with E-state index >= 15 is 0 Å². The Morgan fingerprint density at radius 3 is 2.77 bits per heavy atom. The van der Waals surface area contributed by atoms with E-state index in [0.29, 0.717) is 28.1 Å². The van der Waals surface area contributed by atoms with Gasteiger partial charge in [-0.15, -0.1) is 10.6 Å². The van der Waals surface area contributed by atoms with Crippen LogP contribution < -0.4 is 10.1 Å². The molecule has 0 aliphatic rings. The van der Waals surface area contributed by atoms with Crippen LogP contribution in [0.25, 0.3) is 11.4 Å². The van der Waals surface area contributed by atoms with Crippen LogP contribution >= 0.6 is 0 Å². The summed E-state index contributed by atoms with van der Waals surface area (Å²) < 4.78 is 26.0. The number of hydrogen-bond acceptors (Lipinski definition) is 9. The molecule has 3 rings (SSSR count). The number of para-hydroxylation sites is 1. The highest BCUT2D eigenvalue weighted by molar-refractivity contribution is 7.75. The van der Waals surface area contributed by atoms with Gasteiger partial charge >= 0.3 is 6.09 Å². The summed E-state index contributed by atoms with van der Waals surface area (Å²) in [5.41, 5.74) is 2.14. The second-order valence-electron chi connectivity index (χ2n) is 6.03. The van der Waals surface area contributed by atoms with Crippen LogP contribution in [0.15, 0.2) is 58.1 Å². The second kappa shape index (κ2) is 9.79. The lowest BCUT2D eigenvalue weighted by atomic mass is 10.2. The normalized spacial score (nSPS) is 11.7. The van der Waals surface area contributed by atoms with Crippen LogP contribution in [0, 0.1) is 6.92 Å². The topological polar surface area (TPSA) is 116 Å². The molecule has 3 aromatic rings. The summed E-state index contributed by atoms with van der Waals surface area (Å²) in [5, 5.41) is 3.07. The zero-order valence-corrected chi connectivity index (χ0v) is 17.5. The van der Waals surface area contributed by atoms with Gasteiger partial charge < -0.3 is 19.0 Å². The van der Waals surface area contributed by atoms with Crippen molar-refractivity contribution in [3.63, 3.8) is 0 Å². The van der Waals surface area contributed by atoms with Crippen molar-refractivity contribution in [2.75, 3.05) is 19.0 Å². The van der Waals surface area contributed by atoms with Gasteiger partial charge in [0, 0.05) is 5.69 Å². The number of hydrogen-bond donors (Lipinski definition) is 1. The van der Waals surface area contributed by atoms with E-state index in [-0.39, 0.29) is 6.61 Å². The van der Waals surface area contributed by atoms with Crippen LogP contribution in [0.1, 0.15) is 12.5 Å². The first kappa shape index (κ1) is 21.2. The minimum atomic E-state index is -1.89. The van der Waals surface area contributed by atoms with Gasteiger partial charge in [0.15, 0.2) is 5.82 Å². The van der Waals surface area contributed by atoms with Crippen molar-refractivity contribution in [3.8, 4) is 17.1 Å². The largest absolute Gasteiger partial charge is 0.496 e. The molecule has 0 saturated heterocycles. The molecule has 0 saturated carbocycles. The third-order valence-electron chi connectivity index (χ3n) is 3.85. The Kier molecular flexibility index (Phi) is 6.91. The maximum Gasteiger partial charge on any atom is 0.410 e. The van der Waals surface area contributed by atoms with Crippen LogP contribution in [0.2, 0.25) is 0 Å². The summed E-state index contributed by atoms with van der Waals surface area (Å²) in [6.07, 6.45) is 0.521. The standard InChI is InChI=1S/C20H20N5O4S/c1-4-29-20(26)25-30(27)15-10-13(2)9-14(11-15)23-19-22-12-21-18(24-19)16-7-5-6-8-17(16)28-3/h5-12H,4H2,1-3H3,(H,21,22,23,24)/q-1. The number of anilines is 2. The highest BCUT2D eigenvalue weighted by Crippen LogP contribution is 2.27. The molecule has 0 atom stereocenters. The highest BCUT2D eigenvalue weighted by Gasteiger charge is 2.09. The van der Waals surface area contributed by atoms with Gasteiger partial charge in [-0.3, -0.25) is 4.36 Å². The molecule has 0 aliphatic carbocycles. The van der Waals surface area contributed by atoms with Crippen molar-refractivity contribution in [1.29, 1.82) is 0 Å². The van der Waals surface area contributed by atoms with E-state index in [1.54, 1.807) is 26.2 Å². The van der Waals surface area contributed by atoms with Crippen LogP contribution in [-0.4, -0.2) is 34.8 Å². The first-order valence-corrected chi connectivity index (χ1v) is 10.1. The molecule has 30 heavy (non-hydrogen) atoms. The number of nitrogens with zero attached hydrogens (tertiary/aromatic N) is 4. The van der Waals surface area contributed by atoms with Crippen molar-refractivity contribution in [1.82, 2.24) is 15.0 Å². The fourth-order valence-corrected chi connectivity index (χ4v) is 3.44. The minimum Gasteiger partial charge on any atom is -0.496 e. The molecule has 0 spiro atoms. The molecule has 0 fully saturated rings.